The van der Waals surface area contributed by atoms with Crippen molar-refractivity contribution in [1.82, 2.24) is 10.1 Å². The van der Waals surface area contributed by atoms with E-state index in [4.69, 9.17) is 0 Å². The second kappa shape index (κ2) is 8.41. The number of amides is 1. The van der Waals surface area contributed by atoms with Gasteiger partial charge in [0.05, 0.1) is 15.5 Å². The van der Waals surface area contributed by atoms with Crippen molar-refractivity contribution in [2.45, 2.75) is 56.9 Å². The number of nitrogens with one attached hydrogen (secondary N) is 3. The van der Waals surface area contributed by atoms with Gasteiger partial charge in [-0.1, -0.05) is 20.3 Å². The van der Waals surface area contributed by atoms with E-state index in [1.54, 1.807) is 12.1 Å². The number of carbonyl (C=O) groups is 1. The van der Waals surface area contributed by atoms with Crippen LogP contribution < -0.4 is 15.6 Å². The Labute approximate surface area is 164 Å². The quantitative estimate of drug-likeness (QED) is 0.556. The second-order valence-corrected chi connectivity index (χ2v) is 9.51. The molecule has 0 aliphatic heterocycles. The molecule has 3 rings (SSSR count). The van der Waals surface area contributed by atoms with Crippen molar-refractivity contribution in [3.05, 3.63) is 45.6 Å². The molecule has 146 valence electrons. The van der Waals surface area contributed by atoms with Crippen molar-refractivity contribution in [2.75, 3.05) is 5.43 Å². The van der Waals surface area contributed by atoms with Crippen molar-refractivity contribution < 1.29 is 13.2 Å². The molecule has 6 nitrogen and oxygen atoms in total. The Kier molecular flexibility index (Phi) is 6.18. The molecule has 27 heavy (non-hydrogen) atoms. The van der Waals surface area contributed by atoms with Gasteiger partial charge >= 0.3 is 0 Å². The number of anilines is 1. The maximum Gasteiger partial charge on any atom is 0.279 e. The first kappa shape index (κ1) is 19.9. The molecule has 1 saturated carbocycles. The zero-order valence-corrected chi connectivity index (χ0v) is 17.2. The summed E-state index contributed by atoms with van der Waals surface area (Å²) in [7, 11) is -3.46. The Bertz CT molecular complexity index is 901. The predicted octanol–water partition coefficient (Wildman–Crippen LogP) is 3.46. The molecule has 1 fully saturated rings. The summed E-state index contributed by atoms with van der Waals surface area (Å²) in [5, 5.41) is 0. The van der Waals surface area contributed by atoms with Gasteiger partial charge in [-0.3, -0.25) is 15.6 Å². The minimum atomic E-state index is -3.46. The molecule has 1 heterocycles. The van der Waals surface area contributed by atoms with E-state index in [2.05, 4.69) is 29.4 Å². The number of hydrogen-bond donors (Lipinski definition) is 3. The maximum atomic E-state index is 12.4. The third kappa shape index (κ3) is 5.09. The number of hydrogen-bond acceptors (Lipinski definition) is 5. The van der Waals surface area contributed by atoms with Gasteiger partial charge in [0, 0.05) is 10.9 Å². The van der Waals surface area contributed by atoms with Crippen LogP contribution in [-0.2, 0) is 22.9 Å². The van der Waals surface area contributed by atoms with Gasteiger partial charge in [0.2, 0.25) is 10.0 Å². The number of hydrazine groups is 1. The SMILES string of the molecule is CCCc1sc(C(=O)NNc2ccc(S(=O)(=O)NC3CC3)cc2)cc1CC. The third-order valence-corrected chi connectivity index (χ3v) is 7.13. The molecule has 1 aromatic carbocycles. The average Bonchev–Trinajstić information content (AvgIpc) is 3.36. The van der Waals surface area contributed by atoms with Crippen molar-refractivity contribution in [1.29, 1.82) is 0 Å². The molecule has 1 aliphatic rings. The van der Waals surface area contributed by atoms with Crippen LogP contribution >= 0.6 is 11.3 Å². The van der Waals surface area contributed by atoms with Crippen molar-refractivity contribution in [2.24, 2.45) is 0 Å². The number of sulfonamides is 1. The zero-order valence-electron chi connectivity index (χ0n) is 15.5. The largest absolute Gasteiger partial charge is 0.298 e. The van der Waals surface area contributed by atoms with E-state index in [9.17, 15) is 13.2 Å². The van der Waals surface area contributed by atoms with Crippen LogP contribution in [0.2, 0.25) is 0 Å². The fourth-order valence-corrected chi connectivity index (χ4v) is 5.27. The normalized spacial score (nSPS) is 14.1. The number of thiophene rings is 1. The molecule has 2 aromatic rings. The fourth-order valence-electron chi connectivity index (χ4n) is 2.71. The van der Waals surface area contributed by atoms with E-state index in [0.717, 1.165) is 32.1 Å². The average molecular weight is 408 g/mol. The molecule has 0 saturated heterocycles. The molecule has 0 unspecified atom stereocenters. The minimum Gasteiger partial charge on any atom is -0.298 e. The number of rotatable bonds is 9. The Morgan fingerprint density at radius 3 is 2.48 bits per heavy atom. The summed E-state index contributed by atoms with van der Waals surface area (Å²) in [4.78, 5) is 14.6. The van der Waals surface area contributed by atoms with Gasteiger partial charge < -0.3 is 0 Å². The lowest BCUT2D eigenvalue weighted by molar-refractivity contribution is 0.0966. The lowest BCUT2D eigenvalue weighted by Gasteiger charge is -2.09. The molecular formula is C19H25N3O3S2. The van der Waals surface area contributed by atoms with Crippen molar-refractivity contribution in [3.8, 4) is 0 Å². The highest BCUT2D eigenvalue weighted by molar-refractivity contribution is 7.89. The van der Waals surface area contributed by atoms with Crippen molar-refractivity contribution >= 4 is 33.0 Å². The lowest BCUT2D eigenvalue weighted by atomic mass is 10.1. The van der Waals surface area contributed by atoms with Gasteiger partial charge in [-0.25, -0.2) is 13.1 Å². The van der Waals surface area contributed by atoms with Gasteiger partial charge in [0.1, 0.15) is 0 Å². The van der Waals surface area contributed by atoms with Crippen LogP contribution in [0.15, 0.2) is 35.2 Å². The highest BCUT2D eigenvalue weighted by atomic mass is 32.2. The molecule has 0 bridgehead atoms. The third-order valence-electron chi connectivity index (χ3n) is 4.36. The van der Waals surface area contributed by atoms with Crippen LogP contribution in [0, 0.1) is 0 Å². The van der Waals surface area contributed by atoms with E-state index in [1.807, 2.05) is 6.07 Å². The number of benzene rings is 1. The molecule has 1 aromatic heterocycles. The first-order valence-corrected chi connectivity index (χ1v) is 11.5. The molecule has 1 amide bonds. The summed E-state index contributed by atoms with van der Waals surface area (Å²) in [5.41, 5.74) is 7.37. The van der Waals surface area contributed by atoms with E-state index in [0.29, 0.717) is 10.6 Å². The van der Waals surface area contributed by atoms with Crippen LogP contribution in [0.5, 0.6) is 0 Å². The van der Waals surface area contributed by atoms with E-state index >= 15 is 0 Å². The molecule has 8 heteroatoms. The van der Waals surface area contributed by atoms with Gasteiger partial charge in [-0.05, 0) is 61.6 Å². The molecule has 0 spiro atoms. The maximum absolute atomic E-state index is 12.4. The van der Waals surface area contributed by atoms with Crippen LogP contribution in [-0.4, -0.2) is 20.4 Å². The summed E-state index contributed by atoms with van der Waals surface area (Å²) in [5.74, 6) is -0.191. The highest BCUT2D eigenvalue weighted by Crippen LogP contribution is 2.25. The smallest absolute Gasteiger partial charge is 0.279 e. The molecule has 0 radical (unpaired) electrons. The van der Waals surface area contributed by atoms with Crippen LogP contribution in [0.25, 0.3) is 0 Å². The summed E-state index contributed by atoms with van der Waals surface area (Å²) < 4.78 is 27.0. The Morgan fingerprint density at radius 2 is 1.89 bits per heavy atom. The van der Waals surface area contributed by atoms with E-state index < -0.39 is 10.0 Å². The Hall–Kier alpha value is -1.90. The second-order valence-electron chi connectivity index (χ2n) is 6.66. The highest BCUT2D eigenvalue weighted by Gasteiger charge is 2.27. The Morgan fingerprint density at radius 1 is 1.19 bits per heavy atom. The molecule has 3 N–H and O–H groups in total. The zero-order chi connectivity index (χ0) is 19.4. The standard InChI is InChI=1S/C19H25N3O3S2/c1-3-5-17-13(4-2)12-18(26-17)19(23)21-20-14-8-10-16(11-9-14)27(24,25)22-15-6-7-15/h8-12,15,20,22H,3-7H2,1-2H3,(H,21,23). The fraction of sp³-hybridized carbons (Fsp3) is 0.421. The van der Waals surface area contributed by atoms with E-state index in [-0.39, 0.29) is 16.8 Å². The van der Waals surface area contributed by atoms with Gasteiger partial charge in [-0.2, -0.15) is 0 Å². The van der Waals surface area contributed by atoms with Crippen LogP contribution in [0.4, 0.5) is 5.69 Å². The van der Waals surface area contributed by atoms with Gasteiger partial charge in [-0.15, -0.1) is 11.3 Å². The Balaban J connectivity index is 1.60. The minimum absolute atomic E-state index is 0.0727. The monoisotopic (exact) mass is 407 g/mol. The first-order chi connectivity index (χ1) is 12.9. The summed E-state index contributed by atoms with van der Waals surface area (Å²) >= 11 is 1.53. The van der Waals surface area contributed by atoms with Crippen LogP contribution in [0.3, 0.4) is 0 Å². The number of carbonyl (C=O) groups excluding carboxylic acids is 1. The molecule has 1 aliphatic carbocycles. The number of aryl methyl sites for hydroxylation is 2. The summed E-state index contributed by atoms with van der Waals surface area (Å²) in [6.07, 6.45) is 4.75. The summed E-state index contributed by atoms with van der Waals surface area (Å²) in [6.45, 7) is 4.22. The van der Waals surface area contributed by atoms with Gasteiger partial charge in [0.15, 0.2) is 0 Å². The molecule has 0 atom stereocenters. The lowest BCUT2D eigenvalue weighted by Crippen LogP contribution is -2.29. The van der Waals surface area contributed by atoms with E-state index in [1.165, 1.54) is 33.9 Å². The van der Waals surface area contributed by atoms with Crippen LogP contribution in [0.1, 0.15) is 53.2 Å². The first-order valence-electron chi connectivity index (χ1n) is 9.23. The summed E-state index contributed by atoms with van der Waals surface area (Å²) in [6, 6.07) is 8.35. The topological polar surface area (TPSA) is 87.3 Å². The van der Waals surface area contributed by atoms with Gasteiger partial charge in [0.25, 0.3) is 5.91 Å². The van der Waals surface area contributed by atoms with Crippen molar-refractivity contribution in [3.63, 3.8) is 0 Å². The molecular weight excluding hydrogens is 382 g/mol. The predicted molar refractivity (Wildman–Crippen MR) is 109 cm³/mol.